The van der Waals surface area contributed by atoms with Crippen LogP contribution in [0.4, 0.5) is 4.39 Å². The molecule has 1 atom stereocenters. The molecule has 0 unspecified atom stereocenters. The predicted octanol–water partition coefficient (Wildman–Crippen LogP) is 4.13. The summed E-state index contributed by atoms with van der Waals surface area (Å²) >= 11 is 0. The number of rotatable bonds is 4. The third kappa shape index (κ3) is 3.96. The monoisotopic (exact) mass is 379 g/mol. The van der Waals surface area contributed by atoms with Gasteiger partial charge >= 0.3 is 0 Å². The Hall–Kier alpha value is -3.02. The van der Waals surface area contributed by atoms with Crippen molar-refractivity contribution in [2.75, 3.05) is 13.1 Å². The number of carbonyl (C=O) groups is 1. The number of nitrogens with zero attached hydrogens (tertiary/aromatic N) is 3. The quantitative estimate of drug-likeness (QED) is 0.684. The van der Waals surface area contributed by atoms with Crippen LogP contribution in [0.1, 0.15) is 52.1 Å². The molecule has 1 aromatic carbocycles. The summed E-state index contributed by atoms with van der Waals surface area (Å²) in [5.74, 6) is 0.321. The molecule has 144 valence electrons. The molecule has 0 N–H and O–H groups in total. The molecule has 3 aromatic rings. The molecule has 0 saturated carbocycles. The van der Waals surface area contributed by atoms with Crippen molar-refractivity contribution in [3.8, 4) is 0 Å². The van der Waals surface area contributed by atoms with Gasteiger partial charge in [-0.05, 0) is 36.6 Å². The number of pyridine rings is 1. The lowest BCUT2D eigenvalue weighted by atomic mass is 9.93. The summed E-state index contributed by atoms with van der Waals surface area (Å²) in [6.07, 6.45) is 3.74. The minimum absolute atomic E-state index is 0.107. The molecular formula is C22H22FN3O2. The van der Waals surface area contributed by atoms with Crippen molar-refractivity contribution in [3.05, 3.63) is 83.1 Å². The fourth-order valence-electron chi connectivity index (χ4n) is 3.69. The molecule has 3 heterocycles. The Kier molecular flexibility index (Phi) is 5.19. The van der Waals surface area contributed by atoms with E-state index in [2.05, 4.69) is 4.98 Å². The lowest BCUT2D eigenvalue weighted by Gasteiger charge is -2.32. The van der Waals surface area contributed by atoms with Gasteiger partial charge in [-0.15, -0.1) is 0 Å². The molecule has 0 aliphatic carbocycles. The first-order valence-corrected chi connectivity index (χ1v) is 9.51. The number of amides is 1. The van der Waals surface area contributed by atoms with E-state index in [-0.39, 0.29) is 17.6 Å². The molecule has 1 amide bonds. The average Bonchev–Trinajstić information content (AvgIpc) is 3.16. The van der Waals surface area contributed by atoms with Crippen molar-refractivity contribution < 1.29 is 13.6 Å². The summed E-state index contributed by atoms with van der Waals surface area (Å²) in [6.45, 7) is 3.03. The maximum atomic E-state index is 13.9. The zero-order chi connectivity index (χ0) is 19.5. The number of benzene rings is 1. The van der Waals surface area contributed by atoms with Gasteiger partial charge in [0.2, 0.25) is 0 Å². The highest BCUT2D eigenvalue weighted by Crippen LogP contribution is 2.27. The van der Waals surface area contributed by atoms with Crippen LogP contribution in [0.5, 0.6) is 0 Å². The van der Waals surface area contributed by atoms with Gasteiger partial charge in [-0.25, -0.2) is 9.37 Å². The van der Waals surface area contributed by atoms with E-state index in [0.717, 1.165) is 24.2 Å². The van der Waals surface area contributed by atoms with Crippen LogP contribution >= 0.6 is 0 Å². The first-order chi connectivity index (χ1) is 13.6. The standard InChI is InChI=1S/C22H22FN3O2/c1-15-24-21(14-28-15)22(27)26-11-5-7-17(13-26)20-10-4-8-18(25-20)12-16-6-2-3-9-19(16)23/h2-4,6,8-10,14,17H,5,7,11-13H2,1H3/t17-/m1/s1. The molecular weight excluding hydrogens is 357 g/mol. The highest BCUT2D eigenvalue weighted by Gasteiger charge is 2.27. The Morgan fingerprint density at radius 1 is 1.21 bits per heavy atom. The minimum Gasteiger partial charge on any atom is -0.448 e. The van der Waals surface area contributed by atoms with Crippen LogP contribution in [-0.2, 0) is 6.42 Å². The highest BCUT2D eigenvalue weighted by molar-refractivity contribution is 5.92. The van der Waals surface area contributed by atoms with E-state index in [1.54, 1.807) is 19.1 Å². The molecule has 1 aliphatic heterocycles. The fraction of sp³-hybridized carbons (Fsp3) is 0.318. The van der Waals surface area contributed by atoms with E-state index >= 15 is 0 Å². The zero-order valence-electron chi connectivity index (χ0n) is 15.8. The Labute approximate surface area is 163 Å². The normalized spacial score (nSPS) is 16.9. The molecule has 0 spiro atoms. The van der Waals surface area contributed by atoms with E-state index in [1.165, 1.54) is 12.3 Å². The summed E-state index contributed by atoms with van der Waals surface area (Å²) in [6, 6.07) is 12.6. The van der Waals surface area contributed by atoms with Gasteiger partial charge < -0.3 is 9.32 Å². The van der Waals surface area contributed by atoms with Crippen LogP contribution in [0.3, 0.4) is 0 Å². The lowest BCUT2D eigenvalue weighted by Crippen LogP contribution is -2.39. The minimum atomic E-state index is -0.216. The lowest BCUT2D eigenvalue weighted by molar-refractivity contribution is 0.0700. The maximum absolute atomic E-state index is 13.9. The van der Waals surface area contributed by atoms with Crippen molar-refractivity contribution in [2.45, 2.75) is 32.1 Å². The Bertz CT molecular complexity index is 985. The third-order valence-electron chi connectivity index (χ3n) is 5.12. The number of hydrogen-bond acceptors (Lipinski definition) is 4. The number of aromatic nitrogens is 2. The number of carbonyl (C=O) groups excluding carboxylic acids is 1. The van der Waals surface area contributed by atoms with Crippen LogP contribution in [0.15, 0.2) is 53.1 Å². The summed E-state index contributed by atoms with van der Waals surface area (Å²) in [5.41, 5.74) is 2.76. The molecule has 2 aromatic heterocycles. The smallest absolute Gasteiger partial charge is 0.275 e. The summed E-state index contributed by atoms with van der Waals surface area (Å²) in [4.78, 5) is 23.4. The third-order valence-corrected chi connectivity index (χ3v) is 5.12. The van der Waals surface area contributed by atoms with Crippen molar-refractivity contribution in [2.24, 2.45) is 0 Å². The molecule has 4 rings (SSSR count). The highest BCUT2D eigenvalue weighted by atomic mass is 19.1. The van der Waals surface area contributed by atoms with Crippen LogP contribution in [-0.4, -0.2) is 33.9 Å². The van der Waals surface area contributed by atoms with Gasteiger partial charge in [-0.1, -0.05) is 24.3 Å². The van der Waals surface area contributed by atoms with Crippen LogP contribution in [0, 0.1) is 12.7 Å². The zero-order valence-corrected chi connectivity index (χ0v) is 15.8. The molecule has 1 fully saturated rings. The Morgan fingerprint density at radius 3 is 2.86 bits per heavy atom. The fourth-order valence-corrected chi connectivity index (χ4v) is 3.69. The van der Waals surface area contributed by atoms with Gasteiger partial charge in [0.05, 0.1) is 0 Å². The molecule has 1 saturated heterocycles. The molecule has 0 bridgehead atoms. The molecule has 1 aliphatic rings. The summed E-state index contributed by atoms with van der Waals surface area (Å²) in [7, 11) is 0. The average molecular weight is 379 g/mol. The van der Waals surface area contributed by atoms with Crippen molar-refractivity contribution in [1.29, 1.82) is 0 Å². The van der Waals surface area contributed by atoms with E-state index in [0.29, 0.717) is 36.7 Å². The maximum Gasteiger partial charge on any atom is 0.275 e. The second-order valence-electron chi connectivity index (χ2n) is 7.16. The van der Waals surface area contributed by atoms with Crippen LogP contribution in [0.25, 0.3) is 0 Å². The molecule has 0 radical (unpaired) electrons. The molecule has 6 heteroatoms. The topological polar surface area (TPSA) is 59.2 Å². The number of halogens is 1. The van der Waals surface area contributed by atoms with E-state index in [9.17, 15) is 9.18 Å². The molecule has 28 heavy (non-hydrogen) atoms. The van der Waals surface area contributed by atoms with Crippen molar-refractivity contribution >= 4 is 5.91 Å². The van der Waals surface area contributed by atoms with Gasteiger partial charge in [-0.3, -0.25) is 9.78 Å². The van der Waals surface area contributed by atoms with Gasteiger partial charge in [0.15, 0.2) is 11.6 Å². The number of aryl methyl sites for hydroxylation is 1. The second-order valence-corrected chi connectivity index (χ2v) is 7.16. The Morgan fingerprint density at radius 2 is 2.07 bits per heavy atom. The van der Waals surface area contributed by atoms with E-state index in [4.69, 9.17) is 9.40 Å². The van der Waals surface area contributed by atoms with Crippen molar-refractivity contribution in [1.82, 2.24) is 14.9 Å². The van der Waals surface area contributed by atoms with Crippen LogP contribution < -0.4 is 0 Å². The van der Waals surface area contributed by atoms with Gasteiger partial charge in [0, 0.05) is 43.7 Å². The van der Waals surface area contributed by atoms with Crippen molar-refractivity contribution in [3.63, 3.8) is 0 Å². The predicted molar refractivity (Wildman–Crippen MR) is 103 cm³/mol. The summed E-state index contributed by atoms with van der Waals surface area (Å²) in [5, 5.41) is 0. The first-order valence-electron chi connectivity index (χ1n) is 9.51. The second kappa shape index (κ2) is 7.92. The number of piperidine rings is 1. The largest absolute Gasteiger partial charge is 0.448 e. The SMILES string of the molecule is Cc1nc(C(=O)N2CCC[C@@H](c3cccc(Cc4ccccc4F)n3)C2)co1. The first kappa shape index (κ1) is 18.3. The van der Waals surface area contributed by atoms with Crippen LogP contribution in [0.2, 0.25) is 0 Å². The number of hydrogen-bond donors (Lipinski definition) is 0. The van der Waals surface area contributed by atoms with Gasteiger partial charge in [-0.2, -0.15) is 0 Å². The number of likely N-dealkylation sites (tertiary alicyclic amines) is 1. The molecule has 5 nitrogen and oxygen atoms in total. The van der Waals surface area contributed by atoms with Gasteiger partial charge in [0.25, 0.3) is 5.91 Å². The number of oxazole rings is 1. The Balaban J connectivity index is 1.49. The van der Waals surface area contributed by atoms with E-state index < -0.39 is 0 Å². The van der Waals surface area contributed by atoms with E-state index in [1.807, 2.05) is 29.2 Å². The summed E-state index contributed by atoms with van der Waals surface area (Å²) < 4.78 is 19.1. The van der Waals surface area contributed by atoms with Gasteiger partial charge in [0.1, 0.15) is 12.1 Å².